The van der Waals surface area contributed by atoms with Crippen molar-refractivity contribution in [1.29, 1.82) is 0 Å². The Hall–Kier alpha value is -3.15. The van der Waals surface area contributed by atoms with E-state index in [2.05, 4.69) is 93.7 Å². The van der Waals surface area contributed by atoms with Gasteiger partial charge in [-0.2, -0.15) is 0 Å². The maximum absolute atomic E-state index is 12.8. The van der Waals surface area contributed by atoms with Crippen LogP contribution >= 0.6 is 0 Å². The molecule has 0 heterocycles. The molecule has 0 aromatic heterocycles. The normalized spacial score (nSPS) is 12.6. The van der Waals surface area contributed by atoms with E-state index in [1.807, 2.05) is 0 Å². The van der Waals surface area contributed by atoms with Gasteiger partial charge in [-0.25, -0.2) is 0 Å². The molecule has 6 heteroatoms. The standard InChI is InChI=1S/C63H110O6/c1-4-7-10-13-16-19-22-25-27-28-29-30-31-32-33-34-36-38-41-44-47-50-53-56-62(65)68-59-60(58-67-61(64)55-52-49-46-43-40-37-24-21-18-15-12-9-6-3)69-63(66)57-54-51-48-45-42-39-35-26-23-20-17-14-11-8-5-2/h8,11,17,20,22,25-26,28-29,31-32,35,60H,4-7,9-10,12-16,18-19,21,23-24,27,30,33-34,36-59H2,1-3H3/b11-8-,20-17-,25-22-,29-28-,32-31-,35-26-. The van der Waals surface area contributed by atoms with Gasteiger partial charge in [-0.1, -0.05) is 254 Å². The highest BCUT2D eigenvalue weighted by Gasteiger charge is 2.19. The molecule has 0 saturated carbocycles. The van der Waals surface area contributed by atoms with Gasteiger partial charge < -0.3 is 14.2 Å². The van der Waals surface area contributed by atoms with Crippen LogP contribution in [0.4, 0.5) is 0 Å². The first kappa shape index (κ1) is 65.8. The first-order valence-electron chi connectivity index (χ1n) is 29.4. The fourth-order valence-electron chi connectivity index (χ4n) is 8.29. The molecule has 0 aromatic carbocycles. The van der Waals surface area contributed by atoms with Gasteiger partial charge in [0.1, 0.15) is 13.2 Å². The molecular weight excluding hydrogens is 853 g/mol. The van der Waals surface area contributed by atoms with Crippen LogP contribution in [0.5, 0.6) is 0 Å². The second-order valence-corrected chi connectivity index (χ2v) is 19.5. The molecule has 0 N–H and O–H groups in total. The van der Waals surface area contributed by atoms with Crippen LogP contribution < -0.4 is 0 Å². The third-order valence-corrected chi connectivity index (χ3v) is 12.7. The van der Waals surface area contributed by atoms with Gasteiger partial charge in [0.05, 0.1) is 0 Å². The number of ether oxygens (including phenoxy) is 3. The highest BCUT2D eigenvalue weighted by atomic mass is 16.6. The molecule has 0 aromatic rings. The fourth-order valence-corrected chi connectivity index (χ4v) is 8.29. The SMILES string of the molecule is CC/C=C\C/C=C\C/C=C\CCCCCCCC(=O)OC(COC(=O)CCCCCCCCCC/C=C\C/C=C\C/C=C\CCCCCCC)COC(=O)CCCCCCCCCCCCCCC. The van der Waals surface area contributed by atoms with E-state index in [1.165, 1.54) is 135 Å². The van der Waals surface area contributed by atoms with Crippen LogP contribution in [-0.2, 0) is 28.6 Å². The Labute approximate surface area is 427 Å². The van der Waals surface area contributed by atoms with Gasteiger partial charge in [-0.05, 0) is 89.9 Å². The van der Waals surface area contributed by atoms with Gasteiger partial charge >= 0.3 is 17.9 Å². The molecule has 0 aliphatic carbocycles. The number of esters is 3. The highest BCUT2D eigenvalue weighted by Crippen LogP contribution is 2.16. The fraction of sp³-hybridized carbons (Fsp3) is 0.762. The second kappa shape index (κ2) is 57.4. The lowest BCUT2D eigenvalue weighted by molar-refractivity contribution is -0.167. The zero-order valence-corrected chi connectivity index (χ0v) is 45.6. The van der Waals surface area contributed by atoms with E-state index >= 15 is 0 Å². The summed E-state index contributed by atoms with van der Waals surface area (Å²) in [5.74, 6) is -0.898. The van der Waals surface area contributed by atoms with E-state index < -0.39 is 6.10 Å². The van der Waals surface area contributed by atoms with Crippen molar-refractivity contribution in [1.82, 2.24) is 0 Å². The zero-order valence-electron chi connectivity index (χ0n) is 45.6. The molecule has 0 saturated heterocycles. The summed E-state index contributed by atoms with van der Waals surface area (Å²) in [7, 11) is 0. The first-order chi connectivity index (χ1) is 34.0. The molecule has 0 rings (SSSR count). The Kier molecular flexibility index (Phi) is 54.8. The van der Waals surface area contributed by atoms with Crippen LogP contribution in [-0.4, -0.2) is 37.2 Å². The minimum absolute atomic E-state index is 0.0827. The molecule has 0 bridgehead atoms. The van der Waals surface area contributed by atoms with Gasteiger partial charge in [0, 0.05) is 19.3 Å². The molecule has 1 atom stereocenters. The molecule has 0 radical (unpaired) electrons. The largest absolute Gasteiger partial charge is 0.462 e. The van der Waals surface area contributed by atoms with E-state index in [0.29, 0.717) is 19.3 Å². The first-order valence-corrected chi connectivity index (χ1v) is 29.4. The Morgan fingerprint density at radius 1 is 0.304 bits per heavy atom. The Morgan fingerprint density at radius 3 is 0.884 bits per heavy atom. The number of unbranched alkanes of at least 4 members (excludes halogenated alkanes) is 30. The lowest BCUT2D eigenvalue weighted by Gasteiger charge is -2.18. The zero-order chi connectivity index (χ0) is 50.0. The Bertz CT molecular complexity index is 1290. The Morgan fingerprint density at radius 2 is 0.565 bits per heavy atom. The molecule has 398 valence electrons. The molecule has 1 unspecified atom stereocenters. The van der Waals surface area contributed by atoms with Gasteiger partial charge in [-0.3, -0.25) is 14.4 Å². The third-order valence-electron chi connectivity index (χ3n) is 12.7. The lowest BCUT2D eigenvalue weighted by Crippen LogP contribution is -2.30. The van der Waals surface area contributed by atoms with Gasteiger partial charge in [0.15, 0.2) is 6.10 Å². The third kappa shape index (κ3) is 55.6. The molecular formula is C63H110O6. The van der Waals surface area contributed by atoms with Crippen molar-refractivity contribution in [2.45, 2.75) is 297 Å². The number of rotatable bonds is 53. The van der Waals surface area contributed by atoms with E-state index in [0.717, 1.165) is 116 Å². The van der Waals surface area contributed by atoms with Crippen LogP contribution in [0.2, 0.25) is 0 Å². The quantitative estimate of drug-likeness (QED) is 0.0262. The minimum Gasteiger partial charge on any atom is -0.462 e. The van der Waals surface area contributed by atoms with E-state index in [4.69, 9.17) is 14.2 Å². The average Bonchev–Trinajstić information content (AvgIpc) is 3.35. The topological polar surface area (TPSA) is 78.9 Å². The van der Waals surface area contributed by atoms with Gasteiger partial charge in [0.2, 0.25) is 0 Å². The van der Waals surface area contributed by atoms with Crippen LogP contribution in [0, 0.1) is 0 Å². The summed E-state index contributed by atoms with van der Waals surface area (Å²) in [5, 5.41) is 0. The van der Waals surface area contributed by atoms with Crippen LogP contribution in [0.1, 0.15) is 290 Å². The molecule has 0 amide bonds. The van der Waals surface area contributed by atoms with Crippen LogP contribution in [0.25, 0.3) is 0 Å². The number of hydrogen-bond acceptors (Lipinski definition) is 6. The van der Waals surface area contributed by atoms with Crippen molar-refractivity contribution >= 4 is 17.9 Å². The highest BCUT2D eigenvalue weighted by molar-refractivity contribution is 5.71. The summed E-state index contributed by atoms with van der Waals surface area (Å²) >= 11 is 0. The summed E-state index contributed by atoms with van der Waals surface area (Å²) in [6.45, 7) is 6.52. The number of carbonyl (C=O) groups excluding carboxylic acids is 3. The minimum atomic E-state index is -0.786. The molecule has 6 nitrogen and oxygen atoms in total. The van der Waals surface area contributed by atoms with E-state index in [9.17, 15) is 14.4 Å². The van der Waals surface area contributed by atoms with Crippen LogP contribution in [0.3, 0.4) is 0 Å². The van der Waals surface area contributed by atoms with E-state index in [1.54, 1.807) is 0 Å². The molecule has 69 heavy (non-hydrogen) atoms. The molecule has 0 fully saturated rings. The van der Waals surface area contributed by atoms with Crippen molar-refractivity contribution in [3.63, 3.8) is 0 Å². The summed E-state index contributed by atoms with van der Waals surface area (Å²) in [6, 6.07) is 0. The predicted molar refractivity (Wildman–Crippen MR) is 298 cm³/mol. The van der Waals surface area contributed by atoms with Crippen molar-refractivity contribution in [3.05, 3.63) is 72.9 Å². The smallest absolute Gasteiger partial charge is 0.306 e. The number of carbonyl (C=O) groups is 3. The lowest BCUT2D eigenvalue weighted by atomic mass is 10.0. The monoisotopic (exact) mass is 963 g/mol. The summed E-state index contributed by atoms with van der Waals surface area (Å²) in [4.78, 5) is 38.2. The Balaban J connectivity index is 4.34. The van der Waals surface area contributed by atoms with Crippen molar-refractivity contribution < 1.29 is 28.6 Å². The molecule has 0 aliphatic rings. The van der Waals surface area contributed by atoms with E-state index in [-0.39, 0.29) is 31.1 Å². The van der Waals surface area contributed by atoms with Gasteiger partial charge in [0.25, 0.3) is 0 Å². The summed E-state index contributed by atoms with van der Waals surface area (Å²) < 4.78 is 16.9. The van der Waals surface area contributed by atoms with Gasteiger partial charge in [-0.15, -0.1) is 0 Å². The number of allylic oxidation sites excluding steroid dienone is 12. The van der Waals surface area contributed by atoms with Crippen LogP contribution in [0.15, 0.2) is 72.9 Å². The molecule has 0 spiro atoms. The maximum Gasteiger partial charge on any atom is 0.306 e. The average molecular weight is 964 g/mol. The van der Waals surface area contributed by atoms with Crippen molar-refractivity contribution in [2.75, 3.05) is 13.2 Å². The predicted octanol–water partition coefficient (Wildman–Crippen LogP) is 19.8. The maximum atomic E-state index is 12.8. The summed E-state index contributed by atoms with van der Waals surface area (Å²) in [6.07, 6.45) is 73.2. The summed E-state index contributed by atoms with van der Waals surface area (Å²) in [5.41, 5.74) is 0. The number of hydrogen-bond donors (Lipinski definition) is 0. The van der Waals surface area contributed by atoms with Crippen molar-refractivity contribution in [2.24, 2.45) is 0 Å². The van der Waals surface area contributed by atoms with Crippen molar-refractivity contribution in [3.8, 4) is 0 Å². The second-order valence-electron chi connectivity index (χ2n) is 19.5. The molecule has 0 aliphatic heterocycles.